The number of halogens is 1. The van der Waals surface area contributed by atoms with E-state index in [1.165, 1.54) is 0 Å². The Bertz CT molecular complexity index is 681. The van der Waals surface area contributed by atoms with Gasteiger partial charge < -0.3 is 10.6 Å². The maximum atomic E-state index is 12.3. The minimum Gasteiger partial charge on any atom is -0.350 e. The summed E-state index contributed by atoms with van der Waals surface area (Å²) in [6.45, 7) is 3.79. The predicted octanol–water partition coefficient (Wildman–Crippen LogP) is 3.68. The van der Waals surface area contributed by atoms with Crippen molar-refractivity contribution in [1.82, 2.24) is 5.32 Å². The van der Waals surface area contributed by atoms with Gasteiger partial charge in [-0.15, -0.1) is 0 Å². The van der Waals surface area contributed by atoms with E-state index in [0.717, 1.165) is 3.57 Å². The van der Waals surface area contributed by atoms with E-state index < -0.39 is 0 Å². The number of amides is 2. The van der Waals surface area contributed by atoms with Gasteiger partial charge in [-0.25, -0.2) is 0 Å². The Morgan fingerprint density at radius 2 is 1.59 bits per heavy atom. The number of rotatable bonds is 4. The lowest BCUT2D eigenvalue weighted by atomic mass is 10.1. The second kappa shape index (κ2) is 7.40. The van der Waals surface area contributed by atoms with Gasteiger partial charge in [-0.1, -0.05) is 12.1 Å². The molecule has 0 spiro atoms. The number of nitrogens with one attached hydrogen (secondary N) is 2. The summed E-state index contributed by atoms with van der Waals surface area (Å²) in [6.07, 6.45) is 0. The van der Waals surface area contributed by atoms with Crippen LogP contribution in [0.5, 0.6) is 0 Å². The Morgan fingerprint density at radius 1 is 0.955 bits per heavy atom. The molecule has 0 heterocycles. The molecule has 0 bridgehead atoms. The third-order valence-electron chi connectivity index (χ3n) is 2.95. The van der Waals surface area contributed by atoms with Crippen LogP contribution in [-0.2, 0) is 0 Å². The number of carbonyl (C=O) groups excluding carboxylic acids is 2. The Labute approximate surface area is 143 Å². The largest absolute Gasteiger partial charge is 0.350 e. The Morgan fingerprint density at radius 3 is 2.23 bits per heavy atom. The molecule has 4 nitrogen and oxygen atoms in total. The summed E-state index contributed by atoms with van der Waals surface area (Å²) in [5, 5.41) is 5.63. The lowest BCUT2D eigenvalue weighted by molar-refractivity contribution is 0.0944. The molecule has 0 aromatic heterocycles. The van der Waals surface area contributed by atoms with Gasteiger partial charge in [0.25, 0.3) is 11.8 Å². The summed E-state index contributed by atoms with van der Waals surface area (Å²) in [7, 11) is 0. The van der Waals surface area contributed by atoms with Crippen molar-refractivity contribution >= 4 is 40.1 Å². The highest BCUT2D eigenvalue weighted by atomic mass is 127. The summed E-state index contributed by atoms with van der Waals surface area (Å²) in [5.41, 5.74) is 1.51. The standard InChI is InChI=1S/C17H17IN2O2/c1-11(2)19-17(22)14-5-3-4-6-15(14)20-16(21)12-7-9-13(18)10-8-12/h3-11H,1-2H3,(H,19,22)(H,20,21). The number of carbonyl (C=O) groups is 2. The van der Waals surface area contributed by atoms with Crippen molar-refractivity contribution in [3.63, 3.8) is 0 Å². The molecule has 2 aromatic carbocycles. The Balaban J connectivity index is 2.21. The van der Waals surface area contributed by atoms with Crippen LogP contribution in [0.15, 0.2) is 48.5 Å². The van der Waals surface area contributed by atoms with Crippen LogP contribution in [0, 0.1) is 3.57 Å². The van der Waals surface area contributed by atoms with Crippen LogP contribution in [0.25, 0.3) is 0 Å². The quantitative estimate of drug-likeness (QED) is 0.759. The molecule has 0 aliphatic heterocycles. The van der Waals surface area contributed by atoms with Crippen LogP contribution in [0.3, 0.4) is 0 Å². The van der Waals surface area contributed by atoms with Crippen molar-refractivity contribution in [3.8, 4) is 0 Å². The fourth-order valence-electron chi connectivity index (χ4n) is 1.93. The van der Waals surface area contributed by atoms with Crippen molar-refractivity contribution in [3.05, 3.63) is 63.2 Å². The van der Waals surface area contributed by atoms with Crippen LogP contribution in [0.2, 0.25) is 0 Å². The fraction of sp³-hybridized carbons (Fsp3) is 0.176. The average molecular weight is 408 g/mol. The Kier molecular flexibility index (Phi) is 5.54. The van der Waals surface area contributed by atoms with Gasteiger partial charge in [-0.05, 0) is 72.8 Å². The zero-order chi connectivity index (χ0) is 16.1. The van der Waals surface area contributed by atoms with Gasteiger partial charge in [0.05, 0.1) is 11.3 Å². The number of hydrogen-bond acceptors (Lipinski definition) is 2. The van der Waals surface area contributed by atoms with Crippen molar-refractivity contribution in [2.45, 2.75) is 19.9 Å². The molecule has 2 amide bonds. The van der Waals surface area contributed by atoms with Crippen molar-refractivity contribution in [2.75, 3.05) is 5.32 Å². The van der Waals surface area contributed by atoms with Gasteiger partial charge in [0.1, 0.15) is 0 Å². The summed E-state index contributed by atoms with van der Waals surface area (Å²) in [5.74, 6) is -0.435. The fourth-order valence-corrected chi connectivity index (χ4v) is 2.29. The zero-order valence-corrected chi connectivity index (χ0v) is 14.5. The van der Waals surface area contributed by atoms with E-state index >= 15 is 0 Å². The van der Waals surface area contributed by atoms with Crippen molar-refractivity contribution in [2.24, 2.45) is 0 Å². The summed E-state index contributed by atoms with van der Waals surface area (Å²) >= 11 is 2.18. The molecule has 22 heavy (non-hydrogen) atoms. The van der Waals surface area contributed by atoms with Gasteiger partial charge in [0, 0.05) is 15.2 Å². The maximum absolute atomic E-state index is 12.3. The summed E-state index contributed by atoms with van der Waals surface area (Å²) in [4.78, 5) is 24.5. The highest BCUT2D eigenvalue weighted by Gasteiger charge is 2.14. The van der Waals surface area contributed by atoms with Gasteiger partial charge in [-0.3, -0.25) is 9.59 Å². The molecular formula is C17H17IN2O2. The van der Waals surface area contributed by atoms with Crippen LogP contribution in [-0.4, -0.2) is 17.9 Å². The predicted molar refractivity (Wildman–Crippen MR) is 96.2 cm³/mol. The van der Waals surface area contributed by atoms with E-state index in [2.05, 4.69) is 33.2 Å². The highest BCUT2D eigenvalue weighted by molar-refractivity contribution is 14.1. The minimum absolute atomic E-state index is 0.0347. The normalized spacial score (nSPS) is 10.4. The molecule has 0 fully saturated rings. The molecule has 0 aliphatic rings. The molecule has 2 N–H and O–H groups in total. The average Bonchev–Trinajstić information content (AvgIpc) is 2.47. The first kappa shape index (κ1) is 16.5. The molecule has 0 atom stereocenters. The lowest BCUT2D eigenvalue weighted by Crippen LogP contribution is -2.31. The molecule has 0 aliphatic carbocycles. The smallest absolute Gasteiger partial charge is 0.255 e. The highest BCUT2D eigenvalue weighted by Crippen LogP contribution is 2.17. The number of para-hydroxylation sites is 1. The first-order valence-electron chi connectivity index (χ1n) is 6.94. The van der Waals surface area contributed by atoms with E-state index in [1.807, 2.05) is 26.0 Å². The van der Waals surface area contributed by atoms with E-state index in [-0.39, 0.29) is 17.9 Å². The van der Waals surface area contributed by atoms with E-state index in [0.29, 0.717) is 16.8 Å². The first-order valence-corrected chi connectivity index (χ1v) is 8.02. The van der Waals surface area contributed by atoms with Crippen molar-refractivity contribution < 1.29 is 9.59 Å². The number of anilines is 1. The van der Waals surface area contributed by atoms with Gasteiger partial charge >= 0.3 is 0 Å². The number of hydrogen-bond donors (Lipinski definition) is 2. The number of benzene rings is 2. The van der Waals surface area contributed by atoms with Gasteiger partial charge in [0.15, 0.2) is 0 Å². The molecule has 0 unspecified atom stereocenters. The molecule has 0 radical (unpaired) electrons. The molecule has 0 saturated carbocycles. The molecule has 2 rings (SSSR count). The van der Waals surface area contributed by atoms with Crippen molar-refractivity contribution in [1.29, 1.82) is 0 Å². The third-order valence-corrected chi connectivity index (χ3v) is 3.67. The third kappa shape index (κ3) is 4.30. The maximum Gasteiger partial charge on any atom is 0.255 e. The molecule has 5 heteroatoms. The van der Waals surface area contributed by atoms with E-state index in [4.69, 9.17) is 0 Å². The first-order chi connectivity index (χ1) is 10.5. The molecular weight excluding hydrogens is 391 g/mol. The second-order valence-electron chi connectivity index (χ2n) is 5.13. The topological polar surface area (TPSA) is 58.2 Å². The SMILES string of the molecule is CC(C)NC(=O)c1ccccc1NC(=O)c1ccc(I)cc1. The molecule has 2 aromatic rings. The second-order valence-corrected chi connectivity index (χ2v) is 6.38. The van der Waals surface area contributed by atoms with E-state index in [1.54, 1.807) is 36.4 Å². The monoisotopic (exact) mass is 408 g/mol. The minimum atomic E-state index is -0.235. The van der Waals surface area contributed by atoms with Crippen LogP contribution >= 0.6 is 22.6 Å². The van der Waals surface area contributed by atoms with Gasteiger partial charge in [0.2, 0.25) is 0 Å². The van der Waals surface area contributed by atoms with Gasteiger partial charge in [-0.2, -0.15) is 0 Å². The van der Waals surface area contributed by atoms with Crippen LogP contribution in [0.1, 0.15) is 34.6 Å². The zero-order valence-electron chi connectivity index (χ0n) is 12.4. The lowest BCUT2D eigenvalue weighted by Gasteiger charge is -2.13. The van der Waals surface area contributed by atoms with Crippen LogP contribution < -0.4 is 10.6 Å². The molecule has 0 saturated heterocycles. The Hall–Kier alpha value is -1.89. The van der Waals surface area contributed by atoms with Crippen LogP contribution in [0.4, 0.5) is 5.69 Å². The summed E-state index contributed by atoms with van der Waals surface area (Å²) in [6, 6.07) is 14.3. The van der Waals surface area contributed by atoms with E-state index in [9.17, 15) is 9.59 Å². The summed E-state index contributed by atoms with van der Waals surface area (Å²) < 4.78 is 1.06. The molecule has 114 valence electrons.